The number of ether oxygens (including phenoxy) is 1. The van der Waals surface area contributed by atoms with Gasteiger partial charge in [-0.1, -0.05) is 25.1 Å². The van der Waals surface area contributed by atoms with Crippen LogP contribution < -0.4 is 10.1 Å². The van der Waals surface area contributed by atoms with Crippen molar-refractivity contribution in [3.05, 3.63) is 58.3 Å². The number of fused-ring (bicyclic) bond motifs is 1. The summed E-state index contributed by atoms with van der Waals surface area (Å²) in [6.45, 7) is 3.06. The highest BCUT2D eigenvalue weighted by atomic mass is 79.9. The molecule has 3 nitrogen and oxygen atoms in total. The molecule has 1 aliphatic rings. The first-order chi connectivity index (χ1) is 10.3. The van der Waals surface area contributed by atoms with Crippen LogP contribution in [0.4, 0.5) is 0 Å². The first-order valence-electron chi connectivity index (χ1n) is 7.34. The van der Waals surface area contributed by atoms with Crippen molar-refractivity contribution in [1.82, 2.24) is 10.3 Å². The number of rotatable bonds is 5. The number of nitrogens with one attached hydrogen (secondary N) is 1. The molecule has 2 unspecified atom stereocenters. The molecule has 110 valence electrons. The third-order valence-electron chi connectivity index (χ3n) is 3.80. The van der Waals surface area contributed by atoms with Crippen LogP contribution >= 0.6 is 15.9 Å². The number of halogens is 1. The van der Waals surface area contributed by atoms with Gasteiger partial charge in [-0.25, -0.2) is 0 Å². The lowest BCUT2D eigenvalue weighted by Gasteiger charge is -2.24. The van der Waals surface area contributed by atoms with E-state index in [1.165, 1.54) is 5.56 Å². The van der Waals surface area contributed by atoms with Crippen LogP contribution in [0.2, 0.25) is 0 Å². The Hall–Kier alpha value is -1.39. The number of nitrogens with zero attached hydrogens (tertiary/aromatic N) is 1. The number of pyridine rings is 1. The van der Waals surface area contributed by atoms with E-state index in [2.05, 4.69) is 57.4 Å². The average molecular weight is 347 g/mol. The fourth-order valence-corrected chi connectivity index (χ4v) is 3.02. The summed E-state index contributed by atoms with van der Waals surface area (Å²) in [4.78, 5) is 4.48. The van der Waals surface area contributed by atoms with Crippen LogP contribution in [-0.4, -0.2) is 23.7 Å². The summed E-state index contributed by atoms with van der Waals surface area (Å²) in [7, 11) is 0. The number of hydrogen-bond donors (Lipinski definition) is 1. The summed E-state index contributed by atoms with van der Waals surface area (Å²) in [5.74, 6) is 1.02. The predicted octanol–water partition coefficient (Wildman–Crippen LogP) is 3.37. The number of para-hydroxylation sites is 1. The van der Waals surface area contributed by atoms with Gasteiger partial charge in [0.1, 0.15) is 11.9 Å². The van der Waals surface area contributed by atoms with E-state index in [-0.39, 0.29) is 12.1 Å². The largest absolute Gasteiger partial charge is 0.488 e. The Balaban J connectivity index is 1.72. The van der Waals surface area contributed by atoms with Crippen molar-refractivity contribution in [2.45, 2.75) is 31.9 Å². The highest BCUT2D eigenvalue weighted by molar-refractivity contribution is 9.10. The lowest BCUT2D eigenvalue weighted by Crippen LogP contribution is -2.44. The van der Waals surface area contributed by atoms with Crippen molar-refractivity contribution in [3.63, 3.8) is 0 Å². The molecule has 2 atom stereocenters. The molecule has 0 saturated heterocycles. The minimum Gasteiger partial charge on any atom is -0.488 e. The molecular formula is C17H19BrN2O. The maximum Gasteiger partial charge on any atom is 0.123 e. The summed E-state index contributed by atoms with van der Waals surface area (Å²) >= 11 is 3.43. The van der Waals surface area contributed by atoms with Crippen LogP contribution in [0.1, 0.15) is 18.2 Å². The molecular weight excluding hydrogens is 328 g/mol. The maximum atomic E-state index is 6.12. The molecule has 1 aliphatic heterocycles. The molecule has 21 heavy (non-hydrogen) atoms. The number of hydrogen-bond acceptors (Lipinski definition) is 3. The maximum absolute atomic E-state index is 6.12. The topological polar surface area (TPSA) is 34.2 Å². The lowest BCUT2D eigenvalue weighted by molar-refractivity contribution is 0.177. The number of aromatic nitrogens is 1. The molecule has 0 aliphatic carbocycles. The van der Waals surface area contributed by atoms with E-state index in [1.54, 1.807) is 0 Å². The second-order valence-electron chi connectivity index (χ2n) is 5.30. The number of benzene rings is 1. The normalized spacial score (nSPS) is 18.1. The smallest absolute Gasteiger partial charge is 0.123 e. The van der Waals surface area contributed by atoms with Gasteiger partial charge in [0, 0.05) is 35.2 Å². The number of likely N-dealkylation sites (N-methyl/N-ethyl adjacent to an activating group) is 1. The molecule has 2 aromatic rings. The zero-order valence-corrected chi connectivity index (χ0v) is 13.6. The zero-order chi connectivity index (χ0) is 14.7. The van der Waals surface area contributed by atoms with Crippen molar-refractivity contribution in [2.75, 3.05) is 6.54 Å². The van der Waals surface area contributed by atoms with E-state index >= 15 is 0 Å². The molecule has 0 spiro atoms. The molecule has 4 heteroatoms. The van der Waals surface area contributed by atoms with Crippen LogP contribution in [0, 0.1) is 0 Å². The van der Waals surface area contributed by atoms with Crippen molar-refractivity contribution in [2.24, 2.45) is 0 Å². The molecule has 0 radical (unpaired) electrons. The van der Waals surface area contributed by atoms with Crippen molar-refractivity contribution in [3.8, 4) is 5.75 Å². The van der Waals surface area contributed by atoms with Gasteiger partial charge >= 0.3 is 0 Å². The second-order valence-corrected chi connectivity index (χ2v) is 6.22. The van der Waals surface area contributed by atoms with Gasteiger partial charge in [0.05, 0.1) is 0 Å². The van der Waals surface area contributed by atoms with Crippen molar-refractivity contribution in [1.29, 1.82) is 0 Å². The van der Waals surface area contributed by atoms with Crippen LogP contribution in [-0.2, 0) is 12.8 Å². The van der Waals surface area contributed by atoms with Gasteiger partial charge in [-0.05, 0) is 46.2 Å². The molecule has 1 aromatic carbocycles. The minimum atomic E-state index is 0.174. The Bertz CT molecular complexity index is 575. The van der Waals surface area contributed by atoms with Gasteiger partial charge in [-0.3, -0.25) is 4.98 Å². The van der Waals surface area contributed by atoms with E-state index < -0.39 is 0 Å². The second kappa shape index (κ2) is 6.58. The van der Waals surface area contributed by atoms with Gasteiger partial charge in [0.15, 0.2) is 0 Å². The standard InChI is InChI=1S/C17H19BrN2O/c1-2-19-15(10-14-8-7-13(18)11-20-14)17-9-12-5-3-4-6-16(12)21-17/h3-8,11,15,17,19H,2,9-10H2,1H3. The monoisotopic (exact) mass is 346 g/mol. The van der Waals surface area contributed by atoms with E-state index in [9.17, 15) is 0 Å². The van der Waals surface area contributed by atoms with E-state index in [0.717, 1.165) is 35.3 Å². The van der Waals surface area contributed by atoms with Gasteiger partial charge in [-0.15, -0.1) is 0 Å². The fraction of sp³-hybridized carbons (Fsp3) is 0.353. The average Bonchev–Trinajstić information content (AvgIpc) is 2.93. The molecule has 0 amide bonds. The fourth-order valence-electron chi connectivity index (χ4n) is 2.78. The SMILES string of the molecule is CCNC(Cc1ccc(Br)cn1)C1Cc2ccccc2O1. The summed E-state index contributed by atoms with van der Waals surface area (Å²) in [5.41, 5.74) is 2.39. The molecule has 0 saturated carbocycles. The molecule has 1 aromatic heterocycles. The Labute approximate surface area is 133 Å². The summed E-state index contributed by atoms with van der Waals surface area (Å²) in [5, 5.41) is 3.55. The van der Waals surface area contributed by atoms with Crippen LogP contribution in [0.3, 0.4) is 0 Å². The summed E-state index contributed by atoms with van der Waals surface area (Å²) < 4.78 is 7.13. The first kappa shape index (κ1) is 14.5. The first-order valence-corrected chi connectivity index (χ1v) is 8.14. The zero-order valence-electron chi connectivity index (χ0n) is 12.1. The Morgan fingerprint density at radius 2 is 2.19 bits per heavy atom. The van der Waals surface area contributed by atoms with E-state index in [4.69, 9.17) is 4.74 Å². The van der Waals surface area contributed by atoms with E-state index in [1.807, 2.05) is 18.3 Å². The molecule has 3 rings (SSSR count). The highest BCUT2D eigenvalue weighted by Gasteiger charge is 2.30. The Morgan fingerprint density at radius 3 is 2.90 bits per heavy atom. The van der Waals surface area contributed by atoms with Gasteiger partial charge in [-0.2, -0.15) is 0 Å². The summed E-state index contributed by atoms with van der Waals surface area (Å²) in [6, 6.07) is 12.7. The quantitative estimate of drug-likeness (QED) is 0.901. The highest BCUT2D eigenvalue weighted by Crippen LogP contribution is 2.30. The third-order valence-corrected chi connectivity index (χ3v) is 4.27. The third kappa shape index (κ3) is 3.44. The minimum absolute atomic E-state index is 0.174. The van der Waals surface area contributed by atoms with E-state index in [0.29, 0.717) is 0 Å². The Morgan fingerprint density at radius 1 is 1.33 bits per heavy atom. The van der Waals surface area contributed by atoms with Gasteiger partial charge in [0.2, 0.25) is 0 Å². The lowest BCUT2D eigenvalue weighted by atomic mass is 10.00. The van der Waals surface area contributed by atoms with Crippen LogP contribution in [0.5, 0.6) is 5.75 Å². The molecule has 0 bridgehead atoms. The Kier molecular flexibility index (Phi) is 4.56. The molecule has 1 N–H and O–H groups in total. The van der Waals surface area contributed by atoms with Gasteiger partial charge < -0.3 is 10.1 Å². The molecule has 0 fully saturated rings. The van der Waals surface area contributed by atoms with Crippen molar-refractivity contribution >= 4 is 15.9 Å². The molecule has 2 heterocycles. The van der Waals surface area contributed by atoms with Crippen LogP contribution in [0.25, 0.3) is 0 Å². The van der Waals surface area contributed by atoms with Crippen LogP contribution in [0.15, 0.2) is 47.1 Å². The predicted molar refractivity (Wildman–Crippen MR) is 87.7 cm³/mol. The summed E-state index contributed by atoms with van der Waals surface area (Å²) in [6.07, 6.45) is 3.86. The van der Waals surface area contributed by atoms with Gasteiger partial charge in [0.25, 0.3) is 0 Å². The van der Waals surface area contributed by atoms with Crippen molar-refractivity contribution < 1.29 is 4.74 Å².